The Morgan fingerprint density at radius 3 is 3.00 bits per heavy atom. The highest BCUT2D eigenvalue weighted by Gasteiger charge is 2.07. The van der Waals surface area contributed by atoms with Gasteiger partial charge in [0.05, 0.1) is 17.8 Å². The van der Waals surface area contributed by atoms with Crippen molar-refractivity contribution in [3.05, 3.63) is 40.2 Å². The standard InChI is InChI=1S/C11H11N3O2S/c12-9-4-7(11(15)16)5-13-10(9)14-6-8-2-1-3-17-8/h1-5H,6,12H2,(H,13,14)(H,15,16). The van der Waals surface area contributed by atoms with Gasteiger partial charge in [0, 0.05) is 11.1 Å². The van der Waals surface area contributed by atoms with Gasteiger partial charge in [-0.3, -0.25) is 0 Å². The number of aromatic carboxylic acids is 1. The number of carboxylic acids is 1. The third-order valence-electron chi connectivity index (χ3n) is 2.17. The van der Waals surface area contributed by atoms with E-state index < -0.39 is 5.97 Å². The molecule has 2 aromatic heterocycles. The Bertz CT molecular complexity index is 526. The van der Waals surface area contributed by atoms with Crippen LogP contribution in [0.3, 0.4) is 0 Å². The molecule has 0 spiro atoms. The van der Waals surface area contributed by atoms with Gasteiger partial charge in [0.25, 0.3) is 0 Å². The van der Waals surface area contributed by atoms with E-state index in [2.05, 4.69) is 10.3 Å². The van der Waals surface area contributed by atoms with Gasteiger partial charge in [-0.05, 0) is 17.5 Å². The minimum absolute atomic E-state index is 0.0872. The first-order valence-corrected chi connectivity index (χ1v) is 5.80. The van der Waals surface area contributed by atoms with Gasteiger partial charge in [-0.1, -0.05) is 6.07 Å². The average molecular weight is 249 g/mol. The number of rotatable bonds is 4. The van der Waals surface area contributed by atoms with Crippen molar-refractivity contribution in [1.29, 1.82) is 0 Å². The Kier molecular flexibility index (Phi) is 3.24. The molecule has 0 amide bonds. The number of carboxylic acid groups (broad SMARTS) is 1. The molecule has 2 heterocycles. The molecule has 0 radical (unpaired) electrons. The van der Waals surface area contributed by atoms with Gasteiger partial charge >= 0.3 is 5.97 Å². The fourth-order valence-corrected chi connectivity index (χ4v) is 1.98. The van der Waals surface area contributed by atoms with E-state index in [-0.39, 0.29) is 5.56 Å². The minimum atomic E-state index is -1.03. The Morgan fingerprint density at radius 2 is 2.41 bits per heavy atom. The van der Waals surface area contributed by atoms with Crippen molar-refractivity contribution in [1.82, 2.24) is 4.98 Å². The summed E-state index contributed by atoms with van der Waals surface area (Å²) in [4.78, 5) is 15.8. The highest BCUT2D eigenvalue weighted by molar-refractivity contribution is 7.09. The number of nitrogens with one attached hydrogen (secondary N) is 1. The second-order valence-electron chi connectivity index (χ2n) is 3.40. The number of nitrogens with two attached hydrogens (primary N) is 1. The van der Waals surface area contributed by atoms with Crippen LogP contribution in [0.2, 0.25) is 0 Å². The topological polar surface area (TPSA) is 88.2 Å². The number of pyridine rings is 1. The predicted molar refractivity (Wildman–Crippen MR) is 67.3 cm³/mol. The van der Waals surface area contributed by atoms with Crippen LogP contribution in [0.25, 0.3) is 0 Å². The van der Waals surface area contributed by atoms with Crippen LogP contribution in [0, 0.1) is 0 Å². The van der Waals surface area contributed by atoms with Gasteiger partial charge in [0.1, 0.15) is 5.82 Å². The SMILES string of the molecule is Nc1cc(C(=O)O)cnc1NCc1cccs1. The molecule has 88 valence electrons. The van der Waals surface area contributed by atoms with Crippen molar-refractivity contribution in [3.63, 3.8) is 0 Å². The zero-order chi connectivity index (χ0) is 12.3. The number of aromatic nitrogens is 1. The molecule has 2 aromatic rings. The summed E-state index contributed by atoms with van der Waals surface area (Å²) in [6.45, 7) is 0.626. The highest BCUT2D eigenvalue weighted by Crippen LogP contribution is 2.18. The number of nitrogens with zero attached hydrogens (tertiary/aromatic N) is 1. The fraction of sp³-hybridized carbons (Fsp3) is 0.0909. The quantitative estimate of drug-likeness (QED) is 0.771. The third kappa shape index (κ3) is 2.73. The zero-order valence-electron chi connectivity index (χ0n) is 8.88. The van der Waals surface area contributed by atoms with Crippen molar-refractivity contribution in [2.45, 2.75) is 6.54 Å². The van der Waals surface area contributed by atoms with Crippen LogP contribution in [0.15, 0.2) is 29.8 Å². The van der Waals surface area contributed by atoms with Crippen molar-refractivity contribution in [2.24, 2.45) is 0 Å². The van der Waals surface area contributed by atoms with Crippen LogP contribution in [-0.2, 0) is 6.54 Å². The third-order valence-corrected chi connectivity index (χ3v) is 3.05. The van der Waals surface area contributed by atoms with Crippen LogP contribution in [0.1, 0.15) is 15.2 Å². The number of hydrogen-bond donors (Lipinski definition) is 3. The molecule has 17 heavy (non-hydrogen) atoms. The highest BCUT2D eigenvalue weighted by atomic mass is 32.1. The van der Waals surface area contributed by atoms with E-state index in [9.17, 15) is 4.79 Å². The van der Waals surface area contributed by atoms with Gasteiger partial charge < -0.3 is 16.2 Å². The molecule has 0 fully saturated rings. The van der Waals surface area contributed by atoms with E-state index in [0.29, 0.717) is 18.1 Å². The minimum Gasteiger partial charge on any atom is -0.478 e. The summed E-state index contributed by atoms with van der Waals surface area (Å²) in [5.41, 5.74) is 6.14. The van der Waals surface area contributed by atoms with E-state index in [1.54, 1.807) is 11.3 Å². The molecule has 0 atom stereocenters. The fourth-order valence-electron chi connectivity index (χ4n) is 1.33. The number of thiophene rings is 1. The second kappa shape index (κ2) is 4.84. The lowest BCUT2D eigenvalue weighted by Crippen LogP contribution is -2.06. The summed E-state index contributed by atoms with van der Waals surface area (Å²) in [6, 6.07) is 5.36. The summed E-state index contributed by atoms with van der Waals surface area (Å²) < 4.78 is 0. The molecule has 0 aliphatic rings. The average Bonchev–Trinajstić information content (AvgIpc) is 2.80. The number of nitrogen functional groups attached to an aromatic ring is 1. The van der Waals surface area contributed by atoms with Gasteiger partial charge in [-0.2, -0.15) is 0 Å². The van der Waals surface area contributed by atoms with Crippen LogP contribution in [0.4, 0.5) is 11.5 Å². The first-order chi connectivity index (χ1) is 8.16. The van der Waals surface area contributed by atoms with Crippen molar-refractivity contribution < 1.29 is 9.90 Å². The van der Waals surface area contributed by atoms with Crippen LogP contribution < -0.4 is 11.1 Å². The van der Waals surface area contributed by atoms with Gasteiger partial charge in [-0.15, -0.1) is 11.3 Å². The lowest BCUT2D eigenvalue weighted by Gasteiger charge is -2.07. The van der Waals surface area contributed by atoms with Crippen molar-refractivity contribution in [2.75, 3.05) is 11.1 Å². The Morgan fingerprint density at radius 1 is 1.59 bits per heavy atom. The lowest BCUT2D eigenvalue weighted by atomic mass is 10.2. The molecule has 0 bridgehead atoms. The number of anilines is 2. The van der Waals surface area contributed by atoms with E-state index >= 15 is 0 Å². The molecule has 2 rings (SSSR count). The summed E-state index contributed by atoms with van der Waals surface area (Å²) in [6.07, 6.45) is 1.29. The summed E-state index contributed by atoms with van der Waals surface area (Å²) in [5.74, 6) is -0.530. The van der Waals surface area contributed by atoms with Crippen LogP contribution in [0.5, 0.6) is 0 Å². The maximum absolute atomic E-state index is 10.7. The molecule has 0 aliphatic heterocycles. The summed E-state index contributed by atoms with van der Waals surface area (Å²) in [7, 11) is 0. The maximum atomic E-state index is 10.7. The molecule has 0 saturated heterocycles. The van der Waals surface area contributed by atoms with Gasteiger partial charge in [0.15, 0.2) is 0 Å². The summed E-state index contributed by atoms with van der Waals surface area (Å²) in [5, 5.41) is 13.8. The van der Waals surface area contributed by atoms with E-state index in [0.717, 1.165) is 4.88 Å². The molecule has 0 unspecified atom stereocenters. The first-order valence-electron chi connectivity index (χ1n) is 4.92. The Hall–Kier alpha value is -2.08. The Balaban J connectivity index is 2.09. The normalized spacial score (nSPS) is 10.1. The molecule has 0 aromatic carbocycles. The monoisotopic (exact) mass is 249 g/mol. The lowest BCUT2D eigenvalue weighted by molar-refractivity contribution is 0.0696. The van der Waals surface area contributed by atoms with Gasteiger partial charge in [-0.25, -0.2) is 9.78 Å². The number of hydrogen-bond acceptors (Lipinski definition) is 5. The Labute approximate surface area is 102 Å². The molecule has 0 saturated carbocycles. The molecule has 4 N–H and O–H groups in total. The number of carbonyl (C=O) groups is 1. The van der Waals surface area contributed by atoms with E-state index in [1.807, 2.05) is 17.5 Å². The molecule has 5 nitrogen and oxygen atoms in total. The van der Waals surface area contributed by atoms with Crippen molar-refractivity contribution >= 4 is 28.8 Å². The maximum Gasteiger partial charge on any atom is 0.337 e. The second-order valence-corrected chi connectivity index (χ2v) is 4.43. The smallest absolute Gasteiger partial charge is 0.337 e. The van der Waals surface area contributed by atoms with Crippen molar-refractivity contribution in [3.8, 4) is 0 Å². The van der Waals surface area contributed by atoms with Gasteiger partial charge in [0.2, 0.25) is 0 Å². The molecule has 6 heteroatoms. The van der Waals surface area contributed by atoms with Crippen LogP contribution >= 0.6 is 11.3 Å². The van der Waals surface area contributed by atoms with Crippen LogP contribution in [-0.4, -0.2) is 16.1 Å². The molecular weight excluding hydrogens is 238 g/mol. The van der Waals surface area contributed by atoms with E-state index in [4.69, 9.17) is 10.8 Å². The predicted octanol–water partition coefficient (Wildman–Crippen LogP) is 2.04. The van der Waals surface area contributed by atoms with E-state index in [1.165, 1.54) is 12.3 Å². The zero-order valence-corrected chi connectivity index (χ0v) is 9.70. The molecule has 0 aliphatic carbocycles. The molecular formula is C11H11N3O2S. The largest absolute Gasteiger partial charge is 0.478 e. The summed E-state index contributed by atoms with van der Waals surface area (Å²) >= 11 is 1.63. The first kappa shape index (κ1) is 11.4.